The number of benzene rings is 1. The summed E-state index contributed by atoms with van der Waals surface area (Å²) < 4.78 is 37.4. The van der Waals surface area contributed by atoms with Gasteiger partial charge in [-0.25, -0.2) is 4.98 Å². The molecule has 7 heteroatoms. The molecule has 1 aromatic heterocycles. The first-order valence-corrected chi connectivity index (χ1v) is 7.68. The van der Waals surface area contributed by atoms with Crippen LogP contribution in [0.4, 0.5) is 8.78 Å². The standard InChI is InChI=1S/C16H17F2N3O2/c1-10-8-12(4-5-19-10)21-7-6-20-15(21)11-2-3-13-14(9-11)23-16(17,18)22-13/h2-3,6-7,9-10,12,19H,4-5,8H2,1H3/t10-,12-/m1/s1. The summed E-state index contributed by atoms with van der Waals surface area (Å²) >= 11 is 0. The normalized spacial score (nSPS) is 25.5. The maximum absolute atomic E-state index is 13.2. The van der Waals surface area contributed by atoms with Crippen molar-refractivity contribution >= 4 is 0 Å². The molecule has 0 spiro atoms. The molecule has 4 rings (SSSR count). The number of halogens is 2. The monoisotopic (exact) mass is 321 g/mol. The van der Waals surface area contributed by atoms with Gasteiger partial charge in [-0.2, -0.15) is 0 Å². The van der Waals surface area contributed by atoms with Gasteiger partial charge in [0.05, 0.1) is 0 Å². The fraction of sp³-hybridized carbons (Fsp3) is 0.438. The van der Waals surface area contributed by atoms with Crippen molar-refractivity contribution in [1.29, 1.82) is 0 Å². The summed E-state index contributed by atoms with van der Waals surface area (Å²) in [6.07, 6.45) is 2.10. The number of fused-ring (bicyclic) bond motifs is 1. The molecular weight excluding hydrogens is 304 g/mol. The number of hydrogen-bond acceptors (Lipinski definition) is 4. The van der Waals surface area contributed by atoms with Gasteiger partial charge in [0.1, 0.15) is 5.82 Å². The lowest BCUT2D eigenvalue weighted by molar-refractivity contribution is -0.286. The second kappa shape index (κ2) is 5.19. The summed E-state index contributed by atoms with van der Waals surface area (Å²) in [6, 6.07) is 5.57. The van der Waals surface area contributed by atoms with Gasteiger partial charge in [-0.05, 0) is 44.5 Å². The zero-order valence-electron chi connectivity index (χ0n) is 12.6. The first-order valence-electron chi connectivity index (χ1n) is 7.68. The van der Waals surface area contributed by atoms with Crippen LogP contribution in [0.25, 0.3) is 11.4 Å². The van der Waals surface area contributed by atoms with E-state index in [-0.39, 0.29) is 11.5 Å². The quantitative estimate of drug-likeness (QED) is 0.923. The minimum atomic E-state index is -3.60. The Kier molecular flexibility index (Phi) is 3.26. The van der Waals surface area contributed by atoms with Crippen LogP contribution in [0.3, 0.4) is 0 Å². The van der Waals surface area contributed by atoms with Gasteiger partial charge in [-0.1, -0.05) is 0 Å². The molecule has 0 aliphatic carbocycles. The van der Waals surface area contributed by atoms with Gasteiger partial charge in [0.2, 0.25) is 0 Å². The van der Waals surface area contributed by atoms with E-state index >= 15 is 0 Å². The highest BCUT2D eigenvalue weighted by Gasteiger charge is 2.43. The molecule has 1 fully saturated rings. The van der Waals surface area contributed by atoms with Crippen molar-refractivity contribution in [3.8, 4) is 22.9 Å². The number of hydrogen-bond donors (Lipinski definition) is 1. The molecule has 0 radical (unpaired) electrons. The molecule has 23 heavy (non-hydrogen) atoms. The van der Waals surface area contributed by atoms with Crippen molar-refractivity contribution in [2.24, 2.45) is 0 Å². The fourth-order valence-corrected chi connectivity index (χ4v) is 3.28. The molecule has 5 nitrogen and oxygen atoms in total. The lowest BCUT2D eigenvalue weighted by Crippen LogP contribution is -2.36. The average Bonchev–Trinajstić information content (AvgIpc) is 3.08. The molecule has 0 amide bonds. The number of rotatable bonds is 2. The van der Waals surface area contributed by atoms with Crippen molar-refractivity contribution in [2.45, 2.75) is 38.1 Å². The third kappa shape index (κ3) is 2.65. The summed E-state index contributed by atoms with van der Waals surface area (Å²) in [6.45, 7) is 3.11. The first kappa shape index (κ1) is 14.4. The number of imidazole rings is 1. The lowest BCUT2D eigenvalue weighted by Gasteiger charge is -2.30. The summed E-state index contributed by atoms with van der Waals surface area (Å²) in [4.78, 5) is 4.41. The van der Waals surface area contributed by atoms with Crippen LogP contribution in [0, 0.1) is 0 Å². The van der Waals surface area contributed by atoms with Gasteiger partial charge in [0, 0.05) is 30.0 Å². The van der Waals surface area contributed by atoms with Crippen molar-refractivity contribution in [2.75, 3.05) is 6.54 Å². The van der Waals surface area contributed by atoms with Gasteiger partial charge < -0.3 is 19.4 Å². The molecular formula is C16H17F2N3O2. The highest BCUT2D eigenvalue weighted by Crippen LogP contribution is 2.43. The number of aromatic nitrogens is 2. The van der Waals surface area contributed by atoms with Crippen molar-refractivity contribution < 1.29 is 18.3 Å². The zero-order chi connectivity index (χ0) is 16.0. The van der Waals surface area contributed by atoms with Gasteiger partial charge >= 0.3 is 6.29 Å². The lowest BCUT2D eigenvalue weighted by atomic mass is 10.00. The molecule has 0 saturated carbocycles. The highest BCUT2D eigenvalue weighted by atomic mass is 19.3. The molecule has 2 aromatic rings. The Morgan fingerprint density at radius 2 is 2.13 bits per heavy atom. The van der Waals surface area contributed by atoms with Crippen LogP contribution in [0.5, 0.6) is 11.5 Å². The molecule has 1 saturated heterocycles. The molecule has 122 valence electrons. The molecule has 2 aliphatic rings. The molecule has 3 heterocycles. The van der Waals surface area contributed by atoms with E-state index in [9.17, 15) is 8.78 Å². The van der Waals surface area contributed by atoms with Crippen LogP contribution in [-0.4, -0.2) is 28.4 Å². The predicted molar refractivity (Wildman–Crippen MR) is 79.6 cm³/mol. The van der Waals surface area contributed by atoms with E-state index in [0.717, 1.165) is 30.8 Å². The first-order chi connectivity index (χ1) is 11.0. The highest BCUT2D eigenvalue weighted by molar-refractivity contribution is 5.62. The Morgan fingerprint density at radius 3 is 2.96 bits per heavy atom. The molecule has 2 atom stereocenters. The summed E-state index contributed by atoms with van der Waals surface area (Å²) in [7, 11) is 0. The second-order valence-corrected chi connectivity index (χ2v) is 6.02. The zero-order valence-corrected chi connectivity index (χ0v) is 12.6. The number of nitrogens with one attached hydrogen (secondary N) is 1. The smallest absolute Gasteiger partial charge is 0.395 e. The fourth-order valence-electron chi connectivity index (χ4n) is 3.28. The van der Waals surface area contributed by atoms with E-state index in [4.69, 9.17) is 0 Å². The van der Waals surface area contributed by atoms with Crippen LogP contribution in [0.1, 0.15) is 25.8 Å². The third-order valence-corrected chi connectivity index (χ3v) is 4.32. The van der Waals surface area contributed by atoms with Crippen molar-refractivity contribution in [3.05, 3.63) is 30.6 Å². The maximum Gasteiger partial charge on any atom is 0.586 e. The summed E-state index contributed by atoms with van der Waals surface area (Å²) in [5, 5.41) is 3.42. The van der Waals surface area contributed by atoms with E-state index in [1.807, 2.05) is 6.20 Å². The number of alkyl halides is 2. The third-order valence-electron chi connectivity index (χ3n) is 4.32. The topological polar surface area (TPSA) is 48.3 Å². The van der Waals surface area contributed by atoms with Crippen LogP contribution < -0.4 is 14.8 Å². The van der Waals surface area contributed by atoms with E-state index < -0.39 is 6.29 Å². The molecule has 1 N–H and O–H groups in total. The SMILES string of the molecule is C[C@@H]1C[C@H](n2ccnc2-c2ccc3c(c2)OC(F)(F)O3)CCN1. The Labute approximate surface area is 132 Å². The van der Waals surface area contributed by atoms with Crippen LogP contribution >= 0.6 is 0 Å². The van der Waals surface area contributed by atoms with E-state index in [0.29, 0.717) is 12.1 Å². The van der Waals surface area contributed by atoms with Crippen LogP contribution in [-0.2, 0) is 0 Å². The minimum absolute atomic E-state index is 0.0423. The van der Waals surface area contributed by atoms with Crippen LogP contribution in [0.15, 0.2) is 30.6 Å². The Balaban J connectivity index is 1.66. The largest absolute Gasteiger partial charge is 0.586 e. The summed E-state index contributed by atoms with van der Waals surface area (Å²) in [5.41, 5.74) is 0.737. The molecule has 2 aliphatic heterocycles. The van der Waals surface area contributed by atoms with Gasteiger partial charge in [-0.15, -0.1) is 8.78 Å². The van der Waals surface area contributed by atoms with E-state index in [1.165, 1.54) is 6.07 Å². The maximum atomic E-state index is 13.2. The van der Waals surface area contributed by atoms with Gasteiger partial charge in [0.15, 0.2) is 11.5 Å². The van der Waals surface area contributed by atoms with Gasteiger partial charge in [-0.3, -0.25) is 0 Å². The Bertz CT molecular complexity index is 732. The van der Waals surface area contributed by atoms with Crippen LogP contribution in [0.2, 0.25) is 0 Å². The average molecular weight is 321 g/mol. The summed E-state index contributed by atoms with van der Waals surface area (Å²) in [5.74, 6) is 0.846. The minimum Gasteiger partial charge on any atom is -0.395 e. The predicted octanol–water partition coefficient (Wildman–Crippen LogP) is 3.18. The number of piperidine rings is 1. The number of ether oxygens (including phenoxy) is 2. The van der Waals surface area contributed by atoms with Crippen molar-refractivity contribution in [1.82, 2.24) is 14.9 Å². The molecule has 1 aromatic carbocycles. The van der Waals surface area contributed by atoms with E-state index in [1.54, 1.807) is 18.3 Å². The number of nitrogens with zero attached hydrogens (tertiary/aromatic N) is 2. The van der Waals surface area contributed by atoms with E-state index in [2.05, 4.69) is 31.3 Å². The molecule has 0 unspecified atom stereocenters. The molecule has 0 bridgehead atoms. The Hall–Kier alpha value is -2.15. The Morgan fingerprint density at radius 1 is 1.30 bits per heavy atom. The second-order valence-electron chi connectivity index (χ2n) is 6.02. The van der Waals surface area contributed by atoms with Crippen molar-refractivity contribution in [3.63, 3.8) is 0 Å². The van der Waals surface area contributed by atoms with Gasteiger partial charge in [0.25, 0.3) is 0 Å².